The van der Waals surface area contributed by atoms with Crippen LogP contribution in [0.4, 0.5) is 9.18 Å². The largest absolute Gasteiger partial charge is 0.449 e. The summed E-state index contributed by atoms with van der Waals surface area (Å²) in [5.41, 5.74) is 1.06. The lowest BCUT2D eigenvalue weighted by atomic mass is 10.0. The molecule has 6 heteroatoms. The molecule has 0 radical (unpaired) electrons. The van der Waals surface area contributed by atoms with Gasteiger partial charge in [-0.15, -0.1) is 12.4 Å². The maximum absolute atomic E-state index is 13.9. The zero-order valence-corrected chi connectivity index (χ0v) is 11.5. The highest BCUT2D eigenvalue weighted by atomic mass is 79.9. The lowest BCUT2D eigenvalue weighted by molar-refractivity contribution is 0.115. The van der Waals surface area contributed by atoms with Crippen molar-refractivity contribution < 1.29 is 13.9 Å². The van der Waals surface area contributed by atoms with Crippen molar-refractivity contribution in [1.29, 1.82) is 0 Å². The van der Waals surface area contributed by atoms with E-state index in [4.69, 9.17) is 4.74 Å². The fourth-order valence-corrected chi connectivity index (χ4v) is 2.35. The van der Waals surface area contributed by atoms with Crippen molar-refractivity contribution >= 4 is 34.4 Å². The van der Waals surface area contributed by atoms with Crippen molar-refractivity contribution in [3.8, 4) is 0 Å². The zero-order valence-electron chi connectivity index (χ0n) is 9.13. The first-order valence-electron chi connectivity index (χ1n) is 4.97. The number of ether oxygens (including phenoxy) is 1. The van der Waals surface area contributed by atoms with Crippen LogP contribution in [0.15, 0.2) is 16.6 Å². The van der Waals surface area contributed by atoms with Gasteiger partial charge in [0.2, 0.25) is 0 Å². The number of hydrogen-bond acceptors (Lipinski definition) is 2. The molecule has 0 aliphatic carbocycles. The van der Waals surface area contributed by atoms with Crippen molar-refractivity contribution in [2.24, 2.45) is 0 Å². The van der Waals surface area contributed by atoms with Gasteiger partial charge in [-0.3, -0.25) is 0 Å². The summed E-state index contributed by atoms with van der Waals surface area (Å²) in [5.74, 6) is -0.268. The Labute approximate surface area is 113 Å². The molecule has 0 unspecified atom stereocenters. The molecule has 1 aromatic carbocycles. The maximum Gasteiger partial charge on any atom is 0.407 e. The van der Waals surface area contributed by atoms with Gasteiger partial charge in [0, 0.05) is 16.5 Å². The molecule has 17 heavy (non-hydrogen) atoms. The predicted molar refractivity (Wildman–Crippen MR) is 67.9 cm³/mol. The number of nitrogens with one attached hydrogen (secondary N) is 1. The topological polar surface area (TPSA) is 38.3 Å². The Morgan fingerprint density at radius 3 is 2.88 bits per heavy atom. The second kappa shape index (κ2) is 5.69. The minimum absolute atomic E-state index is 0. The van der Waals surface area contributed by atoms with E-state index in [1.54, 1.807) is 19.1 Å². The molecule has 1 aliphatic rings. The van der Waals surface area contributed by atoms with Crippen molar-refractivity contribution in [3.05, 3.63) is 33.5 Å². The summed E-state index contributed by atoms with van der Waals surface area (Å²) in [6.07, 6.45) is 0.0896. The molecule has 94 valence electrons. The summed E-state index contributed by atoms with van der Waals surface area (Å²) >= 11 is 3.32. The normalized spacial score (nSPS) is 19.0. The van der Waals surface area contributed by atoms with Crippen LogP contribution in [0.25, 0.3) is 0 Å². The van der Waals surface area contributed by atoms with E-state index >= 15 is 0 Å². The number of cyclic esters (lactones) is 1. The Kier molecular flexibility index (Phi) is 4.77. The summed E-state index contributed by atoms with van der Waals surface area (Å²) < 4.78 is 19.4. The minimum Gasteiger partial charge on any atom is -0.449 e. The summed E-state index contributed by atoms with van der Waals surface area (Å²) in [6.45, 7) is 2.02. The van der Waals surface area contributed by atoms with Gasteiger partial charge in [-0.2, -0.15) is 0 Å². The van der Waals surface area contributed by atoms with Crippen molar-refractivity contribution in [2.45, 2.75) is 19.4 Å². The van der Waals surface area contributed by atoms with Crippen LogP contribution < -0.4 is 5.32 Å². The molecular weight excluding hydrogens is 312 g/mol. The molecule has 3 nitrogen and oxygen atoms in total. The Bertz CT molecular complexity index is 442. The molecule has 1 heterocycles. The quantitative estimate of drug-likeness (QED) is 0.859. The predicted octanol–water partition coefficient (Wildman–Crippen LogP) is 3.49. The van der Waals surface area contributed by atoms with Crippen LogP contribution in [0.1, 0.15) is 23.6 Å². The third kappa shape index (κ3) is 3.10. The summed E-state index contributed by atoms with van der Waals surface area (Å²) in [4.78, 5) is 11.1. The molecule has 1 N–H and O–H groups in total. The third-order valence-corrected chi connectivity index (χ3v) is 3.01. The number of hydrogen-bond donors (Lipinski definition) is 1. The average Bonchev–Trinajstić information content (AvgIpc) is 2.23. The van der Waals surface area contributed by atoms with Crippen molar-refractivity contribution in [2.75, 3.05) is 6.61 Å². The number of amides is 1. The van der Waals surface area contributed by atoms with E-state index < -0.39 is 6.09 Å². The smallest absolute Gasteiger partial charge is 0.407 e. The van der Waals surface area contributed by atoms with Crippen LogP contribution in [-0.4, -0.2) is 12.7 Å². The Morgan fingerprint density at radius 2 is 2.24 bits per heavy atom. The molecule has 0 saturated carbocycles. The molecule has 0 bridgehead atoms. The molecular formula is C11H12BrClFNO2. The van der Waals surface area contributed by atoms with Gasteiger partial charge >= 0.3 is 6.09 Å². The van der Waals surface area contributed by atoms with Gasteiger partial charge in [0.25, 0.3) is 0 Å². The van der Waals surface area contributed by atoms with Crippen LogP contribution in [-0.2, 0) is 4.74 Å². The first-order valence-corrected chi connectivity index (χ1v) is 5.76. The molecule has 1 fully saturated rings. The molecule has 0 spiro atoms. The van der Waals surface area contributed by atoms with E-state index in [1.165, 1.54) is 0 Å². The van der Waals surface area contributed by atoms with Gasteiger partial charge in [0.1, 0.15) is 5.82 Å². The minimum atomic E-state index is -0.492. The fraction of sp³-hybridized carbons (Fsp3) is 0.364. The van der Waals surface area contributed by atoms with Gasteiger partial charge in [0.15, 0.2) is 0 Å². The van der Waals surface area contributed by atoms with E-state index in [0.717, 1.165) is 4.47 Å². The van der Waals surface area contributed by atoms with Gasteiger partial charge < -0.3 is 10.1 Å². The number of carbonyl (C=O) groups is 1. The number of aryl methyl sites for hydroxylation is 1. The lowest BCUT2D eigenvalue weighted by Gasteiger charge is -2.24. The first-order chi connectivity index (χ1) is 7.58. The standard InChI is InChI=1S/C11H11BrFNO2.ClH/c1-6-4-7(12)5-8(10(6)13)9-2-3-16-11(15)14-9;/h4-5,9H,2-3H2,1H3,(H,14,15);1H/t9-;/m1./s1. The van der Waals surface area contributed by atoms with Crippen molar-refractivity contribution in [3.63, 3.8) is 0 Å². The second-order valence-electron chi connectivity index (χ2n) is 3.75. The number of rotatable bonds is 1. The maximum atomic E-state index is 13.9. The molecule has 1 aromatic rings. The van der Waals surface area contributed by atoms with Gasteiger partial charge in [0.05, 0.1) is 12.6 Å². The second-order valence-corrected chi connectivity index (χ2v) is 4.66. The Hall–Kier alpha value is -0.810. The van der Waals surface area contributed by atoms with E-state index in [1.807, 2.05) is 0 Å². The van der Waals surface area contributed by atoms with E-state index in [-0.39, 0.29) is 24.3 Å². The van der Waals surface area contributed by atoms with Crippen LogP contribution in [0, 0.1) is 12.7 Å². The van der Waals surface area contributed by atoms with Gasteiger partial charge in [-0.1, -0.05) is 15.9 Å². The van der Waals surface area contributed by atoms with Crippen LogP contribution in [0.3, 0.4) is 0 Å². The number of benzene rings is 1. The van der Waals surface area contributed by atoms with Gasteiger partial charge in [-0.05, 0) is 24.6 Å². The lowest BCUT2D eigenvalue weighted by Crippen LogP contribution is -2.35. The average molecular weight is 325 g/mol. The highest BCUT2D eigenvalue weighted by Crippen LogP contribution is 2.28. The monoisotopic (exact) mass is 323 g/mol. The third-order valence-electron chi connectivity index (χ3n) is 2.55. The SMILES string of the molecule is Cc1cc(Br)cc([C@H]2CCOC(=O)N2)c1F.Cl. The summed E-state index contributed by atoms with van der Waals surface area (Å²) in [5, 5.41) is 2.61. The van der Waals surface area contributed by atoms with Gasteiger partial charge in [-0.25, -0.2) is 9.18 Å². The van der Waals surface area contributed by atoms with E-state index in [0.29, 0.717) is 24.2 Å². The highest BCUT2D eigenvalue weighted by molar-refractivity contribution is 9.10. The van der Waals surface area contributed by atoms with Crippen molar-refractivity contribution in [1.82, 2.24) is 5.32 Å². The summed E-state index contributed by atoms with van der Waals surface area (Å²) in [6, 6.07) is 3.09. The first kappa shape index (κ1) is 14.3. The van der Waals surface area contributed by atoms with E-state index in [2.05, 4.69) is 21.2 Å². The highest BCUT2D eigenvalue weighted by Gasteiger charge is 2.24. The summed E-state index contributed by atoms with van der Waals surface area (Å²) in [7, 11) is 0. The molecule has 1 atom stereocenters. The number of carbonyl (C=O) groups excluding carboxylic acids is 1. The molecule has 1 saturated heterocycles. The Morgan fingerprint density at radius 1 is 1.53 bits per heavy atom. The number of halogens is 3. The zero-order chi connectivity index (χ0) is 11.7. The Balaban J connectivity index is 0.00000144. The van der Waals surface area contributed by atoms with E-state index in [9.17, 15) is 9.18 Å². The van der Waals surface area contributed by atoms with Crippen LogP contribution in [0.5, 0.6) is 0 Å². The molecule has 2 rings (SSSR count). The molecule has 0 aromatic heterocycles. The van der Waals surface area contributed by atoms with Crippen LogP contribution in [0.2, 0.25) is 0 Å². The number of alkyl carbamates (subject to hydrolysis) is 1. The molecule has 1 aliphatic heterocycles. The molecule has 1 amide bonds. The fourth-order valence-electron chi connectivity index (χ4n) is 1.76. The van der Waals surface area contributed by atoms with Crippen LogP contribution >= 0.6 is 28.3 Å².